The van der Waals surface area contributed by atoms with Gasteiger partial charge in [-0.3, -0.25) is 4.79 Å². The Labute approximate surface area is 183 Å². The van der Waals surface area contributed by atoms with Crippen molar-refractivity contribution in [2.45, 2.75) is 33.4 Å². The molecule has 3 N–H and O–H groups in total. The topological polar surface area (TPSA) is 65.5 Å². The molecule has 0 aliphatic carbocycles. The largest absolute Gasteiger partial charge is 0.357 e. The maximum absolute atomic E-state index is 13.0. The van der Waals surface area contributed by atoms with Gasteiger partial charge >= 0.3 is 0 Å². The standard InChI is InChI=1S/C21H27FN4O.HI/c1-3-12-24-20(27)18-7-5-6-17(13-18)15-26-21(23-4-2)25-14-16-8-10-19(22)11-9-16;/h5-11,13H,3-4,12,14-15H2,1-2H3,(H,24,27)(H2,23,25,26);1H. The van der Waals surface area contributed by atoms with Crippen LogP contribution in [0, 0.1) is 5.82 Å². The van der Waals surface area contributed by atoms with E-state index < -0.39 is 0 Å². The van der Waals surface area contributed by atoms with E-state index in [0.717, 1.165) is 24.1 Å². The molecule has 0 atom stereocenters. The van der Waals surface area contributed by atoms with Crippen molar-refractivity contribution in [2.75, 3.05) is 13.1 Å². The lowest BCUT2D eigenvalue weighted by molar-refractivity contribution is 0.0953. The van der Waals surface area contributed by atoms with Crippen LogP contribution in [0.15, 0.2) is 53.5 Å². The van der Waals surface area contributed by atoms with Crippen molar-refractivity contribution in [3.05, 3.63) is 71.0 Å². The van der Waals surface area contributed by atoms with Gasteiger partial charge in [0.1, 0.15) is 5.82 Å². The average molecular weight is 498 g/mol. The number of guanidine groups is 1. The summed E-state index contributed by atoms with van der Waals surface area (Å²) in [5.41, 5.74) is 2.56. The molecule has 0 aromatic heterocycles. The summed E-state index contributed by atoms with van der Waals surface area (Å²) in [7, 11) is 0. The Hall–Kier alpha value is -2.16. The minimum absolute atomic E-state index is 0. The van der Waals surface area contributed by atoms with Crippen LogP contribution in [0.2, 0.25) is 0 Å². The molecule has 2 aromatic rings. The summed E-state index contributed by atoms with van der Waals surface area (Å²) in [6.07, 6.45) is 0.904. The minimum atomic E-state index is -0.248. The highest BCUT2D eigenvalue weighted by atomic mass is 127. The molecule has 28 heavy (non-hydrogen) atoms. The molecule has 0 bridgehead atoms. The number of nitrogens with zero attached hydrogens (tertiary/aromatic N) is 1. The number of nitrogens with one attached hydrogen (secondary N) is 3. The second-order valence-electron chi connectivity index (χ2n) is 6.13. The van der Waals surface area contributed by atoms with E-state index in [-0.39, 0.29) is 35.7 Å². The van der Waals surface area contributed by atoms with Crippen molar-refractivity contribution in [2.24, 2.45) is 4.99 Å². The van der Waals surface area contributed by atoms with Crippen LogP contribution in [0.4, 0.5) is 4.39 Å². The second-order valence-corrected chi connectivity index (χ2v) is 6.13. The third-order valence-corrected chi connectivity index (χ3v) is 3.86. The van der Waals surface area contributed by atoms with Crippen molar-refractivity contribution >= 4 is 35.8 Å². The number of amides is 1. The molecule has 1 amide bonds. The first-order chi connectivity index (χ1) is 13.1. The molecule has 2 rings (SSSR count). The number of carbonyl (C=O) groups excluding carboxylic acids is 1. The van der Waals surface area contributed by atoms with Crippen molar-refractivity contribution in [1.29, 1.82) is 0 Å². The predicted octanol–water partition coefficient (Wildman–Crippen LogP) is 3.84. The molecule has 0 aliphatic rings. The molecule has 0 saturated heterocycles. The highest BCUT2D eigenvalue weighted by Gasteiger charge is 2.05. The summed E-state index contributed by atoms with van der Waals surface area (Å²) >= 11 is 0. The Morgan fingerprint density at radius 3 is 2.43 bits per heavy atom. The van der Waals surface area contributed by atoms with Gasteiger partial charge < -0.3 is 16.0 Å². The molecule has 0 aliphatic heterocycles. The van der Waals surface area contributed by atoms with Gasteiger partial charge in [0, 0.05) is 25.2 Å². The van der Waals surface area contributed by atoms with Gasteiger partial charge in [-0.05, 0) is 48.7 Å². The fraction of sp³-hybridized carbons (Fsp3) is 0.333. The van der Waals surface area contributed by atoms with E-state index >= 15 is 0 Å². The van der Waals surface area contributed by atoms with Gasteiger partial charge in [-0.2, -0.15) is 0 Å². The van der Waals surface area contributed by atoms with E-state index in [1.54, 1.807) is 18.2 Å². The lowest BCUT2D eigenvalue weighted by atomic mass is 10.1. The lowest BCUT2D eigenvalue weighted by Crippen LogP contribution is -2.36. The first-order valence-corrected chi connectivity index (χ1v) is 9.26. The SMILES string of the molecule is CCCNC(=O)c1cccc(CN=C(NCC)NCc2ccc(F)cc2)c1.I. The Bertz CT molecular complexity index is 765. The molecule has 0 radical (unpaired) electrons. The van der Waals surface area contributed by atoms with E-state index in [4.69, 9.17) is 0 Å². The molecule has 0 heterocycles. The molecule has 0 fully saturated rings. The van der Waals surface area contributed by atoms with E-state index in [1.807, 2.05) is 32.0 Å². The van der Waals surface area contributed by atoms with Crippen LogP contribution in [0.5, 0.6) is 0 Å². The van der Waals surface area contributed by atoms with Gasteiger partial charge in [-0.25, -0.2) is 9.38 Å². The normalized spacial score (nSPS) is 10.8. The maximum Gasteiger partial charge on any atom is 0.251 e. The van der Waals surface area contributed by atoms with Crippen molar-refractivity contribution < 1.29 is 9.18 Å². The summed E-state index contributed by atoms with van der Waals surface area (Å²) in [6.45, 7) is 6.41. The molecule has 5 nitrogen and oxygen atoms in total. The second kappa shape index (κ2) is 13.1. The van der Waals surface area contributed by atoms with Gasteiger partial charge in [0.15, 0.2) is 5.96 Å². The zero-order chi connectivity index (χ0) is 19.5. The molecule has 0 unspecified atom stereocenters. The number of carbonyl (C=O) groups is 1. The van der Waals surface area contributed by atoms with Crippen molar-refractivity contribution in [3.8, 4) is 0 Å². The maximum atomic E-state index is 13.0. The van der Waals surface area contributed by atoms with Crippen molar-refractivity contribution in [3.63, 3.8) is 0 Å². The zero-order valence-electron chi connectivity index (χ0n) is 16.3. The minimum Gasteiger partial charge on any atom is -0.357 e. The van der Waals surface area contributed by atoms with E-state index in [2.05, 4.69) is 20.9 Å². The number of rotatable bonds is 8. The number of hydrogen-bond donors (Lipinski definition) is 3. The van der Waals surface area contributed by atoms with Gasteiger partial charge in [-0.15, -0.1) is 24.0 Å². The van der Waals surface area contributed by atoms with Crippen LogP contribution in [0.25, 0.3) is 0 Å². The summed E-state index contributed by atoms with van der Waals surface area (Å²) in [6, 6.07) is 13.8. The van der Waals surface area contributed by atoms with Gasteiger partial charge in [-0.1, -0.05) is 31.2 Å². The molecule has 2 aromatic carbocycles. The molecular weight excluding hydrogens is 470 g/mol. The number of benzene rings is 2. The van der Waals surface area contributed by atoms with Crippen molar-refractivity contribution in [1.82, 2.24) is 16.0 Å². The molecule has 0 saturated carbocycles. The monoisotopic (exact) mass is 498 g/mol. The van der Waals surface area contributed by atoms with Crippen LogP contribution in [0.1, 0.15) is 41.8 Å². The Balaban J connectivity index is 0.00000392. The molecule has 152 valence electrons. The Morgan fingerprint density at radius 1 is 1.00 bits per heavy atom. The van der Waals surface area contributed by atoms with Crippen LogP contribution >= 0.6 is 24.0 Å². The Kier molecular flexibility index (Phi) is 11.2. The average Bonchev–Trinajstić information content (AvgIpc) is 2.69. The highest BCUT2D eigenvalue weighted by Crippen LogP contribution is 2.07. The smallest absolute Gasteiger partial charge is 0.251 e. The summed E-state index contributed by atoms with van der Waals surface area (Å²) < 4.78 is 13.0. The predicted molar refractivity (Wildman–Crippen MR) is 123 cm³/mol. The first kappa shape index (κ1) is 23.9. The lowest BCUT2D eigenvalue weighted by Gasteiger charge is -2.11. The van der Waals surface area contributed by atoms with Gasteiger partial charge in [0.05, 0.1) is 6.54 Å². The van der Waals surface area contributed by atoms with Crippen LogP contribution < -0.4 is 16.0 Å². The fourth-order valence-electron chi connectivity index (χ4n) is 2.45. The molecule has 7 heteroatoms. The van der Waals surface area contributed by atoms with Crippen LogP contribution in [-0.4, -0.2) is 25.0 Å². The summed E-state index contributed by atoms with van der Waals surface area (Å²) in [5, 5.41) is 9.29. The molecule has 0 spiro atoms. The summed E-state index contributed by atoms with van der Waals surface area (Å²) in [5.74, 6) is 0.355. The highest BCUT2D eigenvalue weighted by molar-refractivity contribution is 14.0. The van der Waals surface area contributed by atoms with Crippen LogP contribution in [-0.2, 0) is 13.1 Å². The number of aliphatic imine (C=N–C) groups is 1. The zero-order valence-corrected chi connectivity index (χ0v) is 18.6. The summed E-state index contributed by atoms with van der Waals surface area (Å²) in [4.78, 5) is 16.6. The number of halogens is 2. The number of hydrogen-bond acceptors (Lipinski definition) is 2. The quantitative estimate of drug-likeness (QED) is 0.295. The van der Waals surface area contributed by atoms with E-state index in [0.29, 0.717) is 31.2 Å². The molecular formula is C21H28FIN4O. The third-order valence-electron chi connectivity index (χ3n) is 3.86. The third kappa shape index (κ3) is 8.24. The van der Waals surface area contributed by atoms with Gasteiger partial charge in [0.2, 0.25) is 0 Å². The fourth-order valence-corrected chi connectivity index (χ4v) is 2.45. The first-order valence-electron chi connectivity index (χ1n) is 9.26. The van der Waals surface area contributed by atoms with E-state index in [1.165, 1.54) is 12.1 Å². The van der Waals surface area contributed by atoms with Gasteiger partial charge in [0.25, 0.3) is 5.91 Å². The van der Waals surface area contributed by atoms with E-state index in [9.17, 15) is 9.18 Å². The van der Waals surface area contributed by atoms with Crippen LogP contribution in [0.3, 0.4) is 0 Å². The Morgan fingerprint density at radius 2 is 1.75 bits per heavy atom.